The lowest BCUT2D eigenvalue weighted by Gasteiger charge is -2.32. The van der Waals surface area contributed by atoms with E-state index >= 15 is 0 Å². The average molecular weight is 505 g/mol. The number of rotatable bonds is 7. The normalized spacial score (nSPS) is 18.0. The third-order valence-corrected chi connectivity index (χ3v) is 5.48. The van der Waals surface area contributed by atoms with E-state index in [2.05, 4.69) is 0 Å². The number of allylic oxidation sites excluding steroid dienone is 2. The second-order valence-corrected chi connectivity index (χ2v) is 9.48. The number of carboxylic acid groups (broad SMARTS) is 1. The van der Waals surface area contributed by atoms with E-state index < -0.39 is 59.2 Å². The molecule has 1 atom stereocenters. The molecule has 2 N–H and O–H groups in total. The predicted molar refractivity (Wildman–Crippen MR) is 126 cm³/mol. The Labute approximate surface area is 206 Å². The molecule has 6 nitrogen and oxygen atoms in total. The molecule has 1 unspecified atom stereocenters. The largest absolute Gasteiger partial charge is 0.506 e. The standard InChI is InChI=1S/C27H27F3O6/c1-25(2,3)36-24(34)22-19(9-10-20(23(22)33)27(28,29)30)16-35-26(15-21(31)32)13-11-18(12-14-26)17-7-5-4-6-8-17/h4-13,33H,14-16H2,1-3H3,(H,31,32). The first-order valence-electron chi connectivity index (χ1n) is 11.2. The van der Waals surface area contributed by atoms with Crippen molar-refractivity contribution in [2.75, 3.05) is 0 Å². The predicted octanol–water partition coefficient (Wildman–Crippen LogP) is 6.14. The van der Waals surface area contributed by atoms with Crippen LogP contribution in [0.15, 0.2) is 60.7 Å². The maximum absolute atomic E-state index is 13.4. The van der Waals surface area contributed by atoms with Crippen LogP contribution in [0.3, 0.4) is 0 Å². The van der Waals surface area contributed by atoms with E-state index in [-0.39, 0.29) is 12.0 Å². The summed E-state index contributed by atoms with van der Waals surface area (Å²) in [5, 5.41) is 19.9. The van der Waals surface area contributed by atoms with Crippen LogP contribution in [0.2, 0.25) is 0 Å². The molecule has 0 aromatic heterocycles. The Morgan fingerprint density at radius 2 is 1.72 bits per heavy atom. The summed E-state index contributed by atoms with van der Waals surface area (Å²) in [7, 11) is 0. The topological polar surface area (TPSA) is 93.1 Å². The van der Waals surface area contributed by atoms with Gasteiger partial charge in [-0.15, -0.1) is 0 Å². The molecular weight excluding hydrogens is 477 g/mol. The molecule has 1 aliphatic carbocycles. The van der Waals surface area contributed by atoms with Gasteiger partial charge in [0.25, 0.3) is 0 Å². The molecule has 0 bridgehead atoms. The smallest absolute Gasteiger partial charge is 0.419 e. The Kier molecular flexibility index (Phi) is 7.64. The highest BCUT2D eigenvalue weighted by Crippen LogP contribution is 2.40. The third kappa shape index (κ3) is 6.54. The highest BCUT2D eigenvalue weighted by Gasteiger charge is 2.38. The number of aromatic hydroxyl groups is 1. The lowest BCUT2D eigenvalue weighted by atomic mass is 9.86. The fourth-order valence-corrected chi connectivity index (χ4v) is 3.81. The minimum absolute atomic E-state index is 0.0641. The van der Waals surface area contributed by atoms with Crippen LogP contribution in [0.5, 0.6) is 5.75 Å². The highest BCUT2D eigenvalue weighted by atomic mass is 19.4. The van der Waals surface area contributed by atoms with Gasteiger partial charge in [-0.1, -0.05) is 54.6 Å². The molecule has 0 saturated carbocycles. The molecule has 0 heterocycles. The van der Waals surface area contributed by atoms with Crippen molar-refractivity contribution in [1.29, 1.82) is 0 Å². The molecule has 2 aromatic carbocycles. The molecule has 1 aliphatic rings. The van der Waals surface area contributed by atoms with Gasteiger partial charge in [-0.05, 0) is 50.0 Å². The van der Waals surface area contributed by atoms with Gasteiger partial charge in [0, 0.05) is 0 Å². The molecule has 0 spiro atoms. The molecule has 36 heavy (non-hydrogen) atoms. The number of carbonyl (C=O) groups is 2. The van der Waals surface area contributed by atoms with Crippen molar-refractivity contribution in [3.05, 3.63) is 82.9 Å². The van der Waals surface area contributed by atoms with Crippen LogP contribution in [0.4, 0.5) is 13.2 Å². The molecule has 192 valence electrons. The lowest BCUT2D eigenvalue weighted by molar-refractivity contribution is -0.144. The van der Waals surface area contributed by atoms with E-state index in [1.54, 1.807) is 12.2 Å². The Morgan fingerprint density at radius 3 is 2.25 bits per heavy atom. The van der Waals surface area contributed by atoms with Crippen LogP contribution in [-0.4, -0.2) is 33.4 Å². The quantitative estimate of drug-likeness (QED) is 0.440. The van der Waals surface area contributed by atoms with Crippen LogP contribution in [0.25, 0.3) is 5.57 Å². The number of halogens is 3. The van der Waals surface area contributed by atoms with Crippen molar-refractivity contribution in [1.82, 2.24) is 0 Å². The Balaban J connectivity index is 1.94. The monoisotopic (exact) mass is 504 g/mol. The first kappa shape index (κ1) is 27.0. The molecule has 0 radical (unpaired) electrons. The summed E-state index contributed by atoms with van der Waals surface area (Å²) < 4.78 is 51.3. The number of phenolic OH excluding ortho intramolecular Hbond substituents is 1. The fourth-order valence-electron chi connectivity index (χ4n) is 3.81. The zero-order chi connectivity index (χ0) is 26.7. The van der Waals surface area contributed by atoms with E-state index in [1.165, 1.54) is 20.8 Å². The zero-order valence-electron chi connectivity index (χ0n) is 20.1. The molecule has 0 aliphatic heterocycles. The van der Waals surface area contributed by atoms with Gasteiger partial charge in [-0.3, -0.25) is 4.79 Å². The number of ether oxygens (including phenoxy) is 2. The van der Waals surface area contributed by atoms with Crippen molar-refractivity contribution in [2.24, 2.45) is 0 Å². The van der Waals surface area contributed by atoms with Gasteiger partial charge >= 0.3 is 18.1 Å². The van der Waals surface area contributed by atoms with E-state index in [9.17, 15) is 33.0 Å². The number of hydrogen-bond acceptors (Lipinski definition) is 5. The van der Waals surface area contributed by atoms with Crippen LogP contribution in [0.1, 0.15) is 60.7 Å². The second kappa shape index (κ2) is 10.2. The number of carboxylic acids is 1. The number of carbonyl (C=O) groups excluding carboxylic acids is 1. The molecule has 0 fully saturated rings. The maximum atomic E-state index is 13.4. The van der Waals surface area contributed by atoms with Gasteiger partial charge < -0.3 is 19.7 Å². The maximum Gasteiger partial charge on any atom is 0.419 e. The minimum Gasteiger partial charge on any atom is -0.506 e. The minimum atomic E-state index is -4.91. The Hall–Kier alpha value is -3.59. The Bertz CT molecular complexity index is 1190. The highest BCUT2D eigenvalue weighted by molar-refractivity contribution is 5.95. The molecule has 2 aromatic rings. The van der Waals surface area contributed by atoms with Gasteiger partial charge in [-0.25, -0.2) is 4.79 Å². The van der Waals surface area contributed by atoms with Gasteiger partial charge in [0.15, 0.2) is 0 Å². The van der Waals surface area contributed by atoms with Crippen molar-refractivity contribution < 1.29 is 42.4 Å². The van der Waals surface area contributed by atoms with E-state index in [1.807, 2.05) is 36.4 Å². The lowest BCUT2D eigenvalue weighted by Crippen LogP contribution is -2.34. The number of phenols is 1. The summed E-state index contributed by atoms with van der Waals surface area (Å²) in [4.78, 5) is 24.4. The number of alkyl halides is 3. The number of esters is 1. The van der Waals surface area contributed by atoms with Crippen molar-refractivity contribution in [3.63, 3.8) is 0 Å². The average Bonchev–Trinajstić information content (AvgIpc) is 2.76. The van der Waals surface area contributed by atoms with Crippen LogP contribution in [-0.2, 0) is 27.1 Å². The molecule has 0 saturated heterocycles. The summed E-state index contributed by atoms with van der Waals surface area (Å²) in [6.45, 7) is 4.18. The summed E-state index contributed by atoms with van der Waals surface area (Å²) in [5.74, 6) is -3.56. The fraction of sp³-hybridized carbons (Fsp3) is 0.333. The van der Waals surface area contributed by atoms with Crippen LogP contribution < -0.4 is 0 Å². The number of aliphatic carboxylic acids is 1. The third-order valence-electron chi connectivity index (χ3n) is 5.48. The zero-order valence-corrected chi connectivity index (χ0v) is 20.1. The molecule has 3 rings (SSSR count). The van der Waals surface area contributed by atoms with Crippen LogP contribution >= 0.6 is 0 Å². The summed E-state index contributed by atoms with van der Waals surface area (Å²) >= 11 is 0. The van der Waals surface area contributed by atoms with Crippen molar-refractivity contribution in [3.8, 4) is 5.75 Å². The second-order valence-electron chi connectivity index (χ2n) is 9.48. The van der Waals surface area contributed by atoms with E-state index in [0.29, 0.717) is 6.07 Å². The molecule has 9 heteroatoms. The van der Waals surface area contributed by atoms with Gasteiger partial charge in [0.2, 0.25) is 0 Å². The number of hydrogen-bond donors (Lipinski definition) is 2. The van der Waals surface area contributed by atoms with Gasteiger partial charge in [-0.2, -0.15) is 13.2 Å². The number of benzene rings is 2. The van der Waals surface area contributed by atoms with Gasteiger partial charge in [0.1, 0.15) is 22.5 Å². The van der Waals surface area contributed by atoms with Crippen LogP contribution in [0, 0.1) is 0 Å². The molecule has 0 amide bonds. The van der Waals surface area contributed by atoms with E-state index in [4.69, 9.17) is 9.47 Å². The van der Waals surface area contributed by atoms with Gasteiger partial charge in [0.05, 0.1) is 18.6 Å². The first-order chi connectivity index (χ1) is 16.7. The van der Waals surface area contributed by atoms with E-state index in [0.717, 1.165) is 17.2 Å². The summed E-state index contributed by atoms with van der Waals surface area (Å²) in [5.41, 5.74) is -2.69. The first-order valence-corrected chi connectivity index (χ1v) is 11.2. The Morgan fingerprint density at radius 1 is 1.06 bits per heavy atom. The summed E-state index contributed by atoms with van der Waals surface area (Å²) in [6.07, 6.45) is -0.0149. The van der Waals surface area contributed by atoms with Crippen molar-refractivity contribution >= 4 is 17.5 Å². The summed E-state index contributed by atoms with van der Waals surface area (Å²) in [6, 6.07) is 11.1. The molecular formula is C27H27F3O6. The van der Waals surface area contributed by atoms with Crippen molar-refractivity contribution in [2.45, 2.75) is 57.6 Å². The SMILES string of the molecule is CC(C)(C)OC(=O)c1c(COC2(CC(=O)O)C=CC(c3ccccc3)=CC2)ccc(C(F)(F)F)c1O.